The topological polar surface area (TPSA) is 101 Å². The molecule has 2 fully saturated rings. The molecule has 5 nitrogen and oxygen atoms in total. The van der Waals surface area contributed by atoms with Crippen LogP contribution < -0.4 is 0 Å². The summed E-state index contributed by atoms with van der Waals surface area (Å²) < 4.78 is 0. The Kier molecular flexibility index (Phi) is 32.7. The molecule has 0 aliphatic heterocycles. The molecule has 2 saturated carbocycles. The van der Waals surface area contributed by atoms with Gasteiger partial charge in [-0.25, -0.2) is 0 Å². The van der Waals surface area contributed by atoms with E-state index in [9.17, 15) is 5.11 Å². The van der Waals surface area contributed by atoms with Crippen LogP contribution in [0.2, 0.25) is 0 Å². The molecule has 0 aromatic carbocycles. The van der Waals surface area contributed by atoms with Crippen LogP contribution in [-0.4, -0.2) is 57.1 Å². The minimum absolute atomic E-state index is 0.00694. The first-order valence-electron chi connectivity index (χ1n) is 15.7. The van der Waals surface area contributed by atoms with Crippen LogP contribution in [0.4, 0.5) is 0 Å². The fraction of sp³-hybridized carbons (Fsp3) is 1.00. The van der Waals surface area contributed by atoms with Gasteiger partial charge < -0.3 is 25.5 Å². The van der Waals surface area contributed by atoms with Crippen LogP contribution in [-0.2, 0) is 0 Å². The quantitative estimate of drug-likeness (QED) is 0.175. The van der Waals surface area contributed by atoms with E-state index in [1.165, 1.54) is 89.9 Å². The number of unbranched alkanes of at least 4 members (excludes halogenated alkanes) is 10. The molecule has 0 amide bonds. The van der Waals surface area contributed by atoms with E-state index in [4.69, 9.17) is 20.4 Å². The lowest BCUT2D eigenvalue weighted by molar-refractivity contribution is 0.0541. The predicted molar refractivity (Wildman–Crippen MR) is 154 cm³/mol. The van der Waals surface area contributed by atoms with Crippen molar-refractivity contribution in [1.29, 1.82) is 0 Å². The number of rotatable bonds is 12. The number of hydrogen-bond donors (Lipinski definition) is 5. The summed E-state index contributed by atoms with van der Waals surface area (Å²) in [6.07, 6.45) is 25.0. The van der Waals surface area contributed by atoms with Gasteiger partial charge in [-0.15, -0.1) is 0 Å². The molecule has 0 atom stereocenters. The zero-order valence-corrected chi connectivity index (χ0v) is 24.5. The average molecular weight is 519 g/mol. The Labute approximate surface area is 225 Å². The number of hydrogen-bond acceptors (Lipinski definition) is 5. The van der Waals surface area contributed by atoms with Gasteiger partial charge in [-0.2, -0.15) is 0 Å². The van der Waals surface area contributed by atoms with E-state index in [0.29, 0.717) is 13.2 Å². The molecule has 5 heteroatoms. The van der Waals surface area contributed by atoms with Gasteiger partial charge >= 0.3 is 0 Å². The molecule has 36 heavy (non-hydrogen) atoms. The summed E-state index contributed by atoms with van der Waals surface area (Å²) in [6, 6.07) is 0. The summed E-state index contributed by atoms with van der Waals surface area (Å²) >= 11 is 0. The second kappa shape index (κ2) is 31.0. The second-order valence-electron chi connectivity index (χ2n) is 11.1. The van der Waals surface area contributed by atoms with Gasteiger partial charge in [0.15, 0.2) is 0 Å². The lowest BCUT2D eigenvalue weighted by atomic mass is 9.91. The Balaban J connectivity index is 0. The van der Waals surface area contributed by atoms with E-state index in [1.807, 2.05) is 0 Å². The van der Waals surface area contributed by atoms with Crippen LogP contribution in [0.1, 0.15) is 162 Å². The third-order valence-corrected chi connectivity index (χ3v) is 7.16. The van der Waals surface area contributed by atoms with Crippen molar-refractivity contribution >= 4 is 0 Å². The lowest BCUT2D eigenvalue weighted by Crippen LogP contribution is -2.21. The minimum Gasteiger partial charge on any atom is -0.396 e. The first-order valence-corrected chi connectivity index (χ1v) is 15.7. The van der Waals surface area contributed by atoms with Crippen molar-refractivity contribution in [3.8, 4) is 0 Å². The molecule has 0 heterocycles. The summed E-state index contributed by atoms with van der Waals surface area (Å²) in [7, 11) is 0. The van der Waals surface area contributed by atoms with E-state index in [2.05, 4.69) is 20.8 Å². The molecule has 0 unspecified atom stereocenters. The monoisotopic (exact) mass is 518 g/mol. The van der Waals surface area contributed by atoms with Crippen molar-refractivity contribution in [2.75, 3.05) is 13.2 Å². The predicted octanol–water partition coefficient (Wildman–Crippen LogP) is 7.30. The van der Waals surface area contributed by atoms with Crippen molar-refractivity contribution in [2.45, 2.75) is 180 Å². The van der Waals surface area contributed by atoms with Crippen LogP contribution in [0.5, 0.6) is 0 Å². The normalized spacial score (nSPS) is 24.0. The maximum absolute atomic E-state index is 9.30. The fourth-order valence-electron chi connectivity index (χ4n) is 4.54. The molecule has 0 saturated heterocycles. The summed E-state index contributed by atoms with van der Waals surface area (Å²) in [4.78, 5) is 0. The highest BCUT2D eigenvalue weighted by Gasteiger charge is 2.16. The van der Waals surface area contributed by atoms with E-state index >= 15 is 0 Å². The smallest absolute Gasteiger partial charge is 0.0542 e. The van der Waals surface area contributed by atoms with Crippen LogP contribution in [0.3, 0.4) is 0 Å². The molecule has 2 rings (SSSR count). The average Bonchev–Trinajstić information content (AvgIpc) is 2.86. The van der Waals surface area contributed by atoms with E-state index in [-0.39, 0.29) is 18.3 Å². The molecule has 0 radical (unpaired) electrons. The molecule has 5 N–H and O–H groups in total. The Morgan fingerprint density at radius 2 is 0.750 bits per heavy atom. The molecule has 2 aliphatic rings. The molecule has 0 spiro atoms. The third kappa shape index (κ3) is 31.8. The highest BCUT2D eigenvalue weighted by Crippen LogP contribution is 2.21. The van der Waals surface area contributed by atoms with Gasteiger partial charge in [0.1, 0.15) is 0 Å². The van der Waals surface area contributed by atoms with Crippen molar-refractivity contribution in [2.24, 2.45) is 5.92 Å². The lowest BCUT2D eigenvalue weighted by Gasteiger charge is -2.20. The molecule has 220 valence electrons. The van der Waals surface area contributed by atoms with E-state index < -0.39 is 0 Å². The molecular formula is C31H66O5. The van der Waals surface area contributed by atoms with Crippen LogP contribution in [0.25, 0.3) is 0 Å². The maximum atomic E-state index is 9.30. The summed E-state index contributed by atoms with van der Waals surface area (Å²) in [5.41, 5.74) is 0. The second-order valence-corrected chi connectivity index (χ2v) is 11.1. The number of aliphatic hydroxyl groups excluding tert-OH is 5. The summed E-state index contributed by atoms with van der Waals surface area (Å²) in [5, 5.41) is 44.0. The highest BCUT2D eigenvalue weighted by atomic mass is 16.3. The Morgan fingerprint density at radius 1 is 0.444 bits per heavy atom. The van der Waals surface area contributed by atoms with Gasteiger partial charge in [0.25, 0.3) is 0 Å². The standard InChI is InChI=1S/C9H18O.C9H20O.C7H16O.C6H12O2/c1-8-4-2-6-9(10)7-3-5-8;1-2-3-4-5-6-7-8-9-10;1-2-3-4-5-6-7-8;7-5-1-2-6(8)4-3-5/h8-10H,2-7H2,1H3;10H,2-9H2,1H3;8H,2-7H2,1H3;5-8H,1-4H2. The fourth-order valence-corrected chi connectivity index (χ4v) is 4.54. The van der Waals surface area contributed by atoms with E-state index in [0.717, 1.165) is 57.3 Å². The summed E-state index contributed by atoms with van der Waals surface area (Å²) in [6.45, 7) is 7.47. The van der Waals surface area contributed by atoms with Crippen LogP contribution in [0.15, 0.2) is 0 Å². The number of aliphatic hydroxyl groups is 5. The van der Waals surface area contributed by atoms with Crippen LogP contribution in [0, 0.1) is 5.92 Å². The first kappa shape index (κ1) is 37.9. The summed E-state index contributed by atoms with van der Waals surface area (Å²) in [5.74, 6) is 0.896. The zero-order chi connectivity index (χ0) is 27.3. The highest BCUT2D eigenvalue weighted by molar-refractivity contribution is 4.69. The Bertz CT molecular complexity index is 341. The van der Waals surface area contributed by atoms with Crippen molar-refractivity contribution in [1.82, 2.24) is 0 Å². The minimum atomic E-state index is -0.140. The Morgan fingerprint density at radius 3 is 1.08 bits per heavy atom. The van der Waals surface area contributed by atoms with Gasteiger partial charge in [-0.1, -0.05) is 111 Å². The van der Waals surface area contributed by atoms with Crippen molar-refractivity contribution < 1.29 is 25.5 Å². The molecule has 0 aromatic rings. The van der Waals surface area contributed by atoms with Crippen molar-refractivity contribution in [3.05, 3.63) is 0 Å². The van der Waals surface area contributed by atoms with Gasteiger partial charge in [-0.3, -0.25) is 0 Å². The molecule has 2 aliphatic carbocycles. The SMILES string of the molecule is CC1CCCC(O)CCC1.CCCCCCCCCO.CCCCCCCO.OC1CCC(O)CC1. The van der Waals surface area contributed by atoms with Gasteiger partial charge in [-0.05, 0) is 57.3 Å². The van der Waals surface area contributed by atoms with Crippen LogP contribution >= 0.6 is 0 Å². The van der Waals surface area contributed by atoms with Gasteiger partial charge in [0, 0.05) is 13.2 Å². The first-order chi connectivity index (χ1) is 17.4. The third-order valence-electron chi connectivity index (χ3n) is 7.16. The maximum Gasteiger partial charge on any atom is 0.0542 e. The van der Waals surface area contributed by atoms with Gasteiger partial charge in [0.05, 0.1) is 18.3 Å². The molecule has 0 aromatic heterocycles. The molecule has 0 bridgehead atoms. The zero-order valence-electron chi connectivity index (χ0n) is 24.5. The van der Waals surface area contributed by atoms with Gasteiger partial charge in [0.2, 0.25) is 0 Å². The largest absolute Gasteiger partial charge is 0.396 e. The van der Waals surface area contributed by atoms with Crippen molar-refractivity contribution in [3.63, 3.8) is 0 Å². The molecular weight excluding hydrogens is 452 g/mol. The van der Waals surface area contributed by atoms with E-state index in [1.54, 1.807) is 0 Å². The Hall–Kier alpha value is -0.200.